The Morgan fingerprint density at radius 3 is 2.20 bits per heavy atom. The highest BCUT2D eigenvalue weighted by atomic mass is 16.2. The number of fused-ring (bicyclic) bond motifs is 1. The predicted molar refractivity (Wildman–Crippen MR) is 92.4 cm³/mol. The molecular formula is C18H20N4O3. The molecule has 130 valence electrons. The number of amides is 3. The topological polar surface area (TPSA) is 84.3 Å². The monoisotopic (exact) mass is 340 g/mol. The van der Waals surface area contributed by atoms with Crippen LogP contribution < -0.4 is 5.32 Å². The van der Waals surface area contributed by atoms with Crippen molar-refractivity contribution in [1.82, 2.24) is 14.7 Å². The number of hydrogen-bond acceptors (Lipinski definition) is 4. The molecule has 0 atom stereocenters. The number of benzene rings is 1. The van der Waals surface area contributed by atoms with Gasteiger partial charge >= 0.3 is 0 Å². The fourth-order valence-electron chi connectivity index (χ4n) is 2.81. The van der Waals surface area contributed by atoms with Crippen molar-refractivity contribution in [2.24, 2.45) is 0 Å². The summed E-state index contributed by atoms with van der Waals surface area (Å²) in [5.41, 5.74) is 1.12. The molecule has 0 radical (unpaired) electrons. The molecule has 1 aliphatic rings. The summed E-state index contributed by atoms with van der Waals surface area (Å²) in [6.45, 7) is 7.42. The lowest BCUT2D eigenvalue weighted by atomic mass is 10.1. The van der Waals surface area contributed by atoms with E-state index in [2.05, 4.69) is 10.4 Å². The summed E-state index contributed by atoms with van der Waals surface area (Å²) in [7, 11) is 0. The number of nitrogens with zero attached hydrogens (tertiary/aromatic N) is 3. The first-order valence-electron chi connectivity index (χ1n) is 8.00. The van der Waals surface area contributed by atoms with Crippen LogP contribution in [-0.2, 0) is 10.3 Å². The number of rotatable bonds is 3. The molecule has 0 bridgehead atoms. The molecule has 0 spiro atoms. The van der Waals surface area contributed by atoms with E-state index in [0.29, 0.717) is 16.9 Å². The zero-order valence-electron chi connectivity index (χ0n) is 14.7. The van der Waals surface area contributed by atoms with Gasteiger partial charge in [-0.05, 0) is 39.8 Å². The van der Waals surface area contributed by atoms with E-state index in [0.717, 1.165) is 10.6 Å². The number of imide groups is 1. The Morgan fingerprint density at radius 1 is 1.12 bits per heavy atom. The highest BCUT2D eigenvalue weighted by molar-refractivity contribution is 6.22. The van der Waals surface area contributed by atoms with Crippen LogP contribution in [0.5, 0.6) is 0 Å². The molecule has 1 aromatic heterocycles. The maximum Gasteiger partial charge on any atom is 0.262 e. The highest BCUT2D eigenvalue weighted by Gasteiger charge is 2.36. The molecule has 2 aromatic rings. The van der Waals surface area contributed by atoms with E-state index in [4.69, 9.17) is 0 Å². The van der Waals surface area contributed by atoms with Crippen LogP contribution in [0.15, 0.2) is 30.3 Å². The van der Waals surface area contributed by atoms with E-state index in [-0.39, 0.29) is 12.1 Å². The molecule has 25 heavy (non-hydrogen) atoms. The molecule has 3 rings (SSSR count). The third-order valence-electron chi connectivity index (χ3n) is 3.91. The number of carbonyl (C=O) groups excluding carboxylic acids is 3. The lowest BCUT2D eigenvalue weighted by molar-refractivity contribution is -0.116. The Kier molecular flexibility index (Phi) is 3.94. The van der Waals surface area contributed by atoms with Crippen molar-refractivity contribution in [3.05, 3.63) is 47.2 Å². The Labute approximate surface area is 145 Å². The molecule has 7 heteroatoms. The van der Waals surface area contributed by atoms with Crippen molar-refractivity contribution >= 4 is 23.5 Å². The third-order valence-corrected chi connectivity index (χ3v) is 3.91. The zero-order chi connectivity index (χ0) is 18.4. The quantitative estimate of drug-likeness (QED) is 0.868. The van der Waals surface area contributed by atoms with Crippen LogP contribution in [0, 0.1) is 6.92 Å². The van der Waals surface area contributed by atoms with Gasteiger partial charge in [-0.2, -0.15) is 5.10 Å². The second-order valence-corrected chi connectivity index (χ2v) is 7.04. The second-order valence-electron chi connectivity index (χ2n) is 7.04. The first-order chi connectivity index (χ1) is 11.7. The number of hydrogen-bond donors (Lipinski definition) is 1. The molecule has 1 N–H and O–H groups in total. The summed E-state index contributed by atoms with van der Waals surface area (Å²) in [6, 6.07) is 8.32. The van der Waals surface area contributed by atoms with Gasteiger partial charge < -0.3 is 5.32 Å². The van der Waals surface area contributed by atoms with Crippen LogP contribution >= 0.6 is 0 Å². The largest absolute Gasteiger partial charge is 0.309 e. The zero-order valence-corrected chi connectivity index (χ0v) is 14.7. The van der Waals surface area contributed by atoms with E-state index >= 15 is 0 Å². The summed E-state index contributed by atoms with van der Waals surface area (Å²) in [6.07, 6.45) is 0. The second kappa shape index (κ2) is 5.84. The fraction of sp³-hybridized carbons (Fsp3) is 0.333. The van der Waals surface area contributed by atoms with E-state index in [1.165, 1.54) is 0 Å². The van der Waals surface area contributed by atoms with Gasteiger partial charge in [0.25, 0.3) is 11.8 Å². The fourth-order valence-corrected chi connectivity index (χ4v) is 2.81. The van der Waals surface area contributed by atoms with Crippen molar-refractivity contribution < 1.29 is 14.4 Å². The molecule has 0 saturated heterocycles. The van der Waals surface area contributed by atoms with Crippen LogP contribution in [0.4, 0.5) is 5.82 Å². The maximum atomic E-state index is 12.4. The lowest BCUT2D eigenvalue weighted by Gasteiger charge is -2.22. The minimum Gasteiger partial charge on any atom is -0.309 e. The number of carbonyl (C=O) groups is 3. The SMILES string of the molecule is Cc1cc(NC(=O)CN2C(=O)c3ccccc3C2=O)n(C(C)(C)C)n1. The standard InChI is InChI=1S/C18H20N4O3/c1-11-9-14(22(20-11)18(2,3)4)19-15(23)10-21-16(24)12-7-5-6-8-13(12)17(21)25/h5-9H,10H2,1-4H3,(H,19,23). The molecule has 2 heterocycles. The Hall–Kier alpha value is -2.96. The number of nitrogens with one attached hydrogen (secondary N) is 1. The predicted octanol–water partition coefficient (Wildman–Crippen LogP) is 2.18. The van der Waals surface area contributed by atoms with E-state index in [1.54, 1.807) is 35.0 Å². The van der Waals surface area contributed by atoms with Crippen LogP contribution in [0.1, 0.15) is 47.2 Å². The molecular weight excluding hydrogens is 320 g/mol. The van der Waals surface area contributed by atoms with Gasteiger partial charge in [0, 0.05) is 6.07 Å². The van der Waals surface area contributed by atoms with Gasteiger partial charge in [0.15, 0.2) is 0 Å². The normalized spacial score (nSPS) is 14.0. The highest BCUT2D eigenvalue weighted by Crippen LogP contribution is 2.23. The van der Waals surface area contributed by atoms with Crippen molar-refractivity contribution in [3.8, 4) is 0 Å². The van der Waals surface area contributed by atoms with Crippen LogP contribution in [0.3, 0.4) is 0 Å². The Bertz CT molecular complexity index is 842. The third kappa shape index (κ3) is 3.05. The first-order valence-corrected chi connectivity index (χ1v) is 8.00. The van der Waals surface area contributed by atoms with Gasteiger partial charge in [0.1, 0.15) is 12.4 Å². The van der Waals surface area contributed by atoms with Crippen molar-refractivity contribution in [1.29, 1.82) is 0 Å². The van der Waals surface area contributed by atoms with E-state index in [9.17, 15) is 14.4 Å². The minimum atomic E-state index is -0.448. The van der Waals surface area contributed by atoms with Gasteiger partial charge in [-0.1, -0.05) is 12.1 Å². The van der Waals surface area contributed by atoms with Crippen molar-refractivity contribution in [2.75, 3.05) is 11.9 Å². The Morgan fingerprint density at radius 2 is 1.68 bits per heavy atom. The van der Waals surface area contributed by atoms with Gasteiger partial charge in [-0.3, -0.25) is 19.3 Å². The molecule has 0 aliphatic carbocycles. The van der Waals surface area contributed by atoms with Gasteiger partial charge in [-0.25, -0.2) is 4.68 Å². The van der Waals surface area contributed by atoms with Crippen molar-refractivity contribution in [2.45, 2.75) is 33.2 Å². The molecule has 0 saturated carbocycles. The van der Waals surface area contributed by atoms with Gasteiger partial charge in [-0.15, -0.1) is 0 Å². The van der Waals surface area contributed by atoms with Crippen molar-refractivity contribution in [3.63, 3.8) is 0 Å². The molecule has 1 aliphatic heterocycles. The summed E-state index contributed by atoms with van der Waals surface area (Å²) >= 11 is 0. The average Bonchev–Trinajstić information content (AvgIpc) is 3.01. The number of aryl methyl sites for hydroxylation is 1. The molecule has 0 fully saturated rings. The van der Waals surface area contributed by atoms with E-state index in [1.807, 2.05) is 27.7 Å². The minimum absolute atomic E-state index is 0.313. The lowest BCUT2D eigenvalue weighted by Crippen LogP contribution is -2.38. The van der Waals surface area contributed by atoms with Crippen LogP contribution in [0.2, 0.25) is 0 Å². The number of anilines is 1. The molecule has 1 aromatic carbocycles. The smallest absolute Gasteiger partial charge is 0.262 e. The summed E-state index contributed by atoms with van der Waals surface area (Å²) in [4.78, 5) is 38.0. The average molecular weight is 340 g/mol. The van der Waals surface area contributed by atoms with Gasteiger partial charge in [0.2, 0.25) is 5.91 Å². The summed E-state index contributed by atoms with van der Waals surface area (Å²) in [5, 5.41) is 7.13. The van der Waals surface area contributed by atoms with Crippen LogP contribution in [-0.4, -0.2) is 38.9 Å². The first kappa shape index (κ1) is 16.9. The van der Waals surface area contributed by atoms with E-state index < -0.39 is 17.7 Å². The molecule has 7 nitrogen and oxygen atoms in total. The summed E-state index contributed by atoms with van der Waals surface area (Å²) in [5.74, 6) is -0.806. The molecule has 3 amide bonds. The van der Waals surface area contributed by atoms with Crippen LogP contribution in [0.25, 0.3) is 0 Å². The molecule has 0 unspecified atom stereocenters. The van der Waals surface area contributed by atoms with Gasteiger partial charge in [0.05, 0.1) is 22.4 Å². The maximum absolute atomic E-state index is 12.4. The Balaban J connectivity index is 1.77. The number of aromatic nitrogens is 2. The summed E-state index contributed by atoms with van der Waals surface area (Å²) < 4.78 is 1.71.